The van der Waals surface area contributed by atoms with E-state index >= 15 is 4.39 Å². The number of fused-ring (bicyclic) bond motifs is 1. The van der Waals surface area contributed by atoms with Gasteiger partial charge in [-0.1, -0.05) is 6.92 Å². The Morgan fingerprint density at radius 3 is 2.63 bits per heavy atom. The SMILES string of the molecule is CCC(=O)c1cc(-c2ccc3cc(C#N)cnn23)cc(N(C[C@@H](F)C(C)(C)O)c2ccncc2C(N)=O)c1. The number of rotatable bonds is 9. The van der Waals surface area contributed by atoms with Gasteiger partial charge in [0.1, 0.15) is 12.2 Å². The Morgan fingerprint density at radius 2 is 1.97 bits per heavy atom. The van der Waals surface area contributed by atoms with E-state index in [1.807, 2.05) is 6.07 Å². The average molecular weight is 515 g/mol. The summed E-state index contributed by atoms with van der Waals surface area (Å²) in [5.41, 5.74) is 7.37. The van der Waals surface area contributed by atoms with E-state index in [0.29, 0.717) is 33.6 Å². The van der Waals surface area contributed by atoms with Gasteiger partial charge >= 0.3 is 0 Å². The van der Waals surface area contributed by atoms with Gasteiger partial charge in [0, 0.05) is 35.6 Å². The Bertz CT molecular complexity index is 1570. The Hall–Kier alpha value is -4.62. The number of Topliss-reactive ketones (excluding diaryl/α,β-unsaturated/α-hetero) is 1. The molecule has 10 heteroatoms. The van der Waals surface area contributed by atoms with Gasteiger partial charge in [-0.3, -0.25) is 14.6 Å². The second-order valence-corrected chi connectivity index (χ2v) is 9.45. The number of pyridine rings is 1. The molecule has 0 aliphatic carbocycles. The van der Waals surface area contributed by atoms with Gasteiger partial charge in [-0.2, -0.15) is 10.4 Å². The number of amides is 1. The van der Waals surface area contributed by atoms with Crippen LogP contribution in [0.2, 0.25) is 0 Å². The van der Waals surface area contributed by atoms with Crippen LogP contribution in [-0.2, 0) is 0 Å². The maximum absolute atomic E-state index is 15.3. The number of primary amides is 1. The molecule has 3 aromatic heterocycles. The van der Waals surface area contributed by atoms with Crippen LogP contribution >= 0.6 is 0 Å². The lowest BCUT2D eigenvalue weighted by molar-refractivity contribution is 0.00145. The predicted octanol–water partition coefficient (Wildman–Crippen LogP) is 4.21. The summed E-state index contributed by atoms with van der Waals surface area (Å²) in [4.78, 5) is 30.6. The summed E-state index contributed by atoms with van der Waals surface area (Å²) in [6, 6.07) is 14.0. The molecule has 3 N–H and O–H groups in total. The number of aromatic nitrogens is 3. The Labute approximate surface area is 218 Å². The molecule has 1 amide bonds. The number of ketones is 1. The largest absolute Gasteiger partial charge is 0.387 e. The zero-order chi connectivity index (χ0) is 27.6. The van der Waals surface area contributed by atoms with Crippen LogP contribution in [0.3, 0.4) is 0 Å². The first-order valence-corrected chi connectivity index (χ1v) is 12.0. The van der Waals surface area contributed by atoms with Crippen LogP contribution in [0, 0.1) is 11.3 Å². The number of alkyl halides is 1. The van der Waals surface area contributed by atoms with Crippen molar-refractivity contribution in [1.82, 2.24) is 14.6 Å². The summed E-state index contributed by atoms with van der Waals surface area (Å²) >= 11 is 0. The number of anilines is 2. The van der Waals surface area contributed by atoms with Crippen LogP contribution in [0.15, 0.2) is 61.1 Å². The number of benzene rings is 1. The molecule has 0 bridgehead atoms. The number of aliphatic hydroxyl groups is 1. The maximum atomic E-state index is 15.3. The second-order valence-electron chi connectivity index (χ2n) is 9.45. The van der Waals surface area contributed by atoms with Gasteiger partial charge in [-0.25, -0.2) is 8.91 Å². The lowest BCUT2D eigenvalue weighted by Crippen LogP contribution is -2.41. The van der Waals surface area contributed by atoms with Crippen LogP contribution in [0.5, 0.6) is 0 Å². The van der Waals surface area contributed by atoms with E-state index in [0.717, 1.165) is 0 Å². The molecule has 0 fully saturated rings. The van der Waals surface area contributed by atoms with Crippen molar-refractivity contribution >= 4 is 28.6 Å². The van der Waals surface area contributed by atoms with Gasteiger partial charge in [-0.15, -0.1) is 0 Å². The standard InChI is InChI=1S/C28H27FN6O3/c1-4-25(36)19-10-18(23-6-5-20-9-17(13-30)14-33-35(20)23)11-21(12-19)34(16-26(29)28(2,3)38)24-7-8-32-15-22(24)27(31)37/h5-12,14-15,26,38H,4,16H2,1-3H3,(H2,31,37)/t26-/m1/s1. The first-order valence-electron chi connectivity index (χ1n) is 12.0. The quantitative estimate of drug-likeness (QED) is 0.319. The second kappa shape index (κ2) is 10.4. The highest BCUT2D eigenvalue weighted by molar-refractivity contribution is 6.01. The lowest BCUT2D eigenvalue weighted by Gasteiger charge is -2.32. The summed E-state index contributed by atoms with van der Waals surface area (Å²) < 4.78 is 17.0. The molecule has 4 aromatic rings. The van der Waals surface area contributed by atoms with Crippen LogP contribution in [0.4, 0.5) is 15.8 Å². The first kappa shape index (κ1) is 26.4. The minimum atomic E-state index is -1.73. The zero-order valence-electron chi connectivity index (χ0n) is 21.2. The number of halogens is 1. The molecule has 4 rings (SSSR count). The molecule has 0 spiro atoms. The summed E-state index contributed by atoms with van der Waals surface area (Å²) in [7, 11) is 0. The molecule has 3 heterocycles. The first-order chi connectivity index (χ1) is 18.0. The number of nitriles is 1. The number of carbonyl (C=O) groups excluding carboxylic acids is 2. The molecule has 194 valence electrons. The van der Waals surface area contributed by atoms with Crippen molar-refractivity contribution in [3.63, 3.8) is 0 Å². The van der Waals surface area contributed by atoms with E-state index in [4.69, 9.17) is 5.73 Å². The fraction of sp³-hybridized carbons (Fsp3) is 0.250. The third-order valence-electron chi connectivity index (χ3n) is 6.26. The van der Waals surface area contributed by atoms with Crippen LogP contribution < -0.4 is 10.6 Å². The molecule has 0 radical (unpaired) electrons. The molecule has 9 nitrogen and oxygen atoms in total. The van der Waals surface area contributed by atoms with E-state index in [9.17, 15) is 20.0 Å². The van der Waals surface area contributed by atoms with E-state index in [-0.39, 0.29) is 30.0 Å². The van der Waals surface area contributed by atoms with Gasteiger partial charge in [0.05, 0.1) is 46.4 Å². The van der Waals surface area contributed by atoms with Gasteiger partial charge in [0.15, 0.2) is 5.78 Å². The monoisotopic (exact) mass is 514 g/mol. The summed E-state index contributed by atoms with van der Waals surface area (Å²) in [5.74, 6) is -0.898. The maximum Gasteiger partial charge on any atom is 0.252 e. The highest BCUT2D eigenvalue weighted by atomic mass is 19.1. The molecule has 0 unspecified atom stereocenters. The van der Waals surface area contributed by atoms with E-state index < -0.39 is 17.7 Å². The topological polar surface area (TPSA) is 138 Å². The molecule has 0 saturated heterocycles. The Balaban J connectivity index is 1.96. The molecule has 1 atom stereocenters. The number of nitrogens with zero attached hydrogens (tertiary/aromatic N) is 5. The Kier molecular flexibility index (Phi) is 7.23. The number of hydrogen-bond acceptors (Lipinski definition) is 7. The van der Waals surface area contributed by atoms with E-state index in [1.54, 1.807) is 41.8 Å². The van der Waals surface area contributed by atoms with Gasteiger partial charge in [0.25, 0.3) is 5.91 Å². The molecule has 0 aliphatic heterocycles. The van der Waals surface area contributed by atoms with Crippen LogP contribution in [0.25, 0.3) is 16.8 Å². The molecule has 38 heavy (non-hydrogen) atoms. The smallest absolute Gasteiger partial charge is 0.252 e. The van der Waals surface area contributed by atoms with Crippen LogP contribution in [0.1, 0.15) is 53.5 Å². The molecule has 0 saturated carbocycles. The van der Waals surface area contributed by atoms with Crippen molar-refractivity contribution in [2.75, 3.05) is 11.4 Å². The number of hydrogen-bond donors (Lipinski definition) is 2. The van der Waals surface area contributed by atoms with Crippen molar-refractivity contribution in [3.05, 3.63) is 77.7 Å². The minimum Gasteiger partial charge on any atom is -0.387 e. The van der Waals surface area contributed by atoms with Crippen LogP contribution in [-0.4, -0.2) is 49.7 Å². The van der Waals surface area contributed by atoms with Crippen molar-refractivity contribution < 1.29 is 19.1 Å². The fourth-order valence-electron chi connectivity index (χ4n) is 4.10. The third-order valence-corrected chi connectivity index (χ3v) is 6.26. The summed E-state index contributed by atoms with van der Waals surface area (Å²) in [6.45, 7) is 4.11. The van der Waals surface area contributed by atoms with Crippen molar-refractivity contribution in [3.8, 4) is 17.3 Å². The Morgan fingerprint density at radius 1 is 1.21 bits per heavy atom. The van der Waals surface area contributed by atoms with E-state index in [1.165, 1.54) is 43.4 Å². The summed E-state index contributed by atoms with van der Waals surface area (Å²) in [6.07, 6.45) is 2.69. The normalized spacial score (nSPS) is 12.2. The average Bonchev–Trinajstić information content (AvgIpc) is 3.33. The predicted molar refractivity (Wildman–Crippen MR) is 141 cm³/mol. The van der Waals surface area contributed by atoms with E-state index in [2.05, 4.69) is 16.2 Å². The van der Waals surface area contributed by atoms with Gasteiger partial charge in [-0.05, 0) is 56.3 Å². The van der Waals surface area contributed by atoms with Crippen molar-refractivity contribution in [2.24, 2.45) is 5.73 Å². The van der Waals surface area contributed by atoms with Gasteiger partial charge < -0.3 is 15.7 Å². The number of nitrogens with two attached hydrogens (primary N) is 1. The lowest BCUT2D eigenvalue weighted by atomic mass is 9.99. The molecule has 1 aromatic carbocycles. The highest BCUT2D eigenvalue weighted by Gasteiger charge is 2.31. The zero-order valence-corrected chi connectivity index (χ0v) is 21.2. The van der Waals surface area contributed by atoms with Crippen molar-refractivity contribution in [2.45, 2.75) is 39.0 Å². The molecular formula is C28H27FN6O3. The molecule has 0 aliphatic rings. The summed E-state index contributed by atoms with van der Waals surface area (Å²) in [5, 5.41) is 23.9. The number of carbonyl (C=O) groups is 2. The minimum absolute atomic E-state index is 0.0584. The highest BCUT2D eigenvalue weighted by Crippen LogP contribution is 2.35. The third kappa shape index (κ3) is 5.23. The van der Waals surface area contributed by atoms with Gasteiger partial charge in [0.2, 0.25) is 0 Å². The molecular weight excluding hydrogens is 487 g/mol. The van der Waals surface area contributed by atoms with Crippen molar-refractivity contribution in [1.29, 1.82) is 5.26 Å². The fourth-order valence-corrected chi connectivity index (χ4v) is 4.10.